The molecule has 3 aromatic carbocycles. The highest BCUT2D eigenvalue weighted by Gasteiger charge is 2.47. The summed E-state index contributed by atoms with van der Waals surface area (Å²) in [6.07, 6.45) is 0. The smallest absolute Gasteiger partial charge is 0.300 e. The molecule has 1 heterocycles. The molecule has 1 unspecified atom stereocenters. The van der Waals surface area contributed by atoms with Crippen LogP contribution in [0, 0.1) is 17.0 Å². The van der Waals surface area contributed by atoms with Gasteiger partial charge in [0.1, 0.15) is 5.76 Å². The number of hydrogen-bond donors (Lipinski definition) is 2. The lowest BCUT2D eigenvalue weighted by molar-refractivity contribution is -0.384. The number of carbonyl (C=O) groups excluding carboxylic acids is 2. The molecule has 1 saturated heterocycles. The van der Waals surface area contributed by atoms with Gasteiger partial charge >= 0.3 is 0 Å². The molecule has 0 bridgehead atoms. The van der Waals surface area contributed by atoms with Crippen molar-refractivity contribution in [3.63, 3.8) is 0 Å². The van der Waals surface area contributed by atoms with Gasteiger partial charge in [-0.2, -0.15) is 0 Å². The van der Waals surface area contributed by atoms with Crippen LogP contribution in [0.1, 0.15) is 22.7 Å². The molecule has 0 aliphatic carbocycles. The Labute approximate surface area is 200 Å². The van der Waals surface area contributed by atoms with E-state index < -0.39 is 38.4 Å². The van der Waals surface area contributed by atoms with Gasteiger partial charge in [0.25, 0.3) is 17.4 Å². The minimum atomic E-state index is -3.99. The van der Waals surface area contributed by atoms with Crippen molar-refractivity contribution in [3.8, 4) is 0 Å². The van der Waals surface area contributed by atoms with Gasteiger partial charge in [-0.05, 0) is 48.9 Å². The summed E-state index contributed by atoms with van der Waals surface area (Å²) < 4.78 is 23.2. The van der Waals surface area contributed by atoms with E-state index in [0.29, 0.717) is 11.1 Å². The number of sulfonamides is 1. The van der Waals surface area contributed by atoms with Crippen molar-refractivity contribution in [3.05, 3.63) is 105 Å². The van der Waals surface area contributed by atoms with Crippen LogP contribution >= 0.6 is 0 Å². The number of carbonyl (C=O) groups is 2. The molecule has 3 aromatic rings. The summed E-state index contributed by atoms with van der Waals surface area (Å²) in [5.41, 5.74) is 1.34. The number of nitro groups is 1. The normalized spacial score (nSPS) is 17.5. The van der Waals surface area contributed by atoms with E-state index in [9.17, 15) is 33.2 Å². The van der Waals surface area contributed by atoms with E-state index in [-0.39, 0.29) is 21.8 Å². The molecule has 1 aliphatic rings. The van der Waals surface area contributed by atoms with Gasteiger partial charge < -0.3 is 5.11 Å². The minimum absolute atomic E-state index is 0.172. The van der Waals surface area contributed by atoms with E-state index in [0.717, 1.165) is 10.5 Å². The van der Waals surface area contributed by atoms with Crippen LogP contribution in [-0.2, 0) is 19.6 Å². The Morgan fingerprint density at radius 1 is 0.971 bits per heavy atom. The molecule has 0 spiro atoms. The molecule has 35 heavy (non-hydrogen) atoms. The number of anilines is 1. The zero-order chi connectivity index (χ0) is 25.5. The van der Waals surface area contributed by atoms with Gasteiger partial charge in [0.15, 0.2) is 0 Å². The molecular formula is C24H19N3O7S. The fourth-order valence-corrected chi connectivity index (χ4v) is 4.37. The monoisotopic (exact) mass is 493 g/mol. The maximum absolute atomic E-state index is 13.1. The van der Waals surface area contributed by atoms with Gasteiger partial charge in [0, 0.05) is 23.4 Å². The van der Waals surface area contributed by atoms with Crippen LogP contribution in [0.15, 0.2) is 83.3 Å². The second-order valence-electron chi connectivity index (χ2n) is 7.92. The molecule has 1 fully saturated rings. The van der Waals surface area contributed by atoms with Crippen molar-refractivity contribution in [2.24, 2.45) is 5.14 Å². The average molecular weight is 493 g/mol. The van der Waals surface area contributed by atoms with Gasteiger partial charge in [-0.15, -0.1) is 0 Å². The Bertz CT molecular complexity index is 1480. The Morgan fingerprint density at radius 2 is 1.54 bits per heavy atom. The van der Waals surface area contributed by atoms with Crippen molar-refractivity contribution >= 4 is 38.8 Å². The Balaban J connectivity index is 1.92. The number of aryl methyl sites for hydroxylation is 1. The molecule has 0 aromatic heterocycles. The van der Waals surface area contributed by atoms with Gasteiger partial charge in [-0.1, -0.05) is 29.8 Å². The molecule has 0 radical (unpaired) electrons. The third kappa shape index (κ3) is 4.42. The number of nitrogens with two attached hydrogens (primary N) is 1. The van der Waals surface area contributed by atoms with Crippen molar-refractivity contribution in [2.75, 3.05) is 4.90 Å². The summed E-state index contributed by atoms with van der Waals surface area (Å²) in [7, 11) is -3.99. The highest BCUT2D eigenvalue weighted by molar-refractivity contribution is 7.89. The van der Waals surface area contributed by atoms with Crippen LogP contribution < -0.4 is 10.0 Å². The number of benzene rings is 3. The predicted octanol–water partition coefficient (Wildman–Crippen LogP) is 3.18. The first-order chi connectivity index (χ1) is 16.5. The van der Waals surface area contributed by atoms with Crippen molar-refractivity contribution in [1.29, 1.82) is 0 Å². The van der Waals surface area contributed by atoms with Crippen molar-refractivity contribution in [2.45, 2.75) is 17.9 Å². The second kappa shape index (κ2) is 8.78. The van der Waals surface area contributed by atoms with E-state index in [1.165, 1.54) is 48.5 Å². The quantitative estimate of drug-likeness (QED) is 0.181. The highest BCUT2D eigenvalue weighted by Crippen LogP contribution is 2.42. The second-order valence-corrected chi connectivity index (χ2v) is 9.48. The van der Waals surface area contributed by atoms with Gasteiger partial charge in [-0.25, -0.2) is 13.6 Å². The van der Waals surface area contributed by atoms with Crippen LogP contribution in [0.3, 0.4) is 0 Å². The van der Waals surface area contributed by atoms with Crippen LogP contribution in [0.5, 0.6) is 0 Å². The molecular weight excluding hydrogens is 474 g/mol. The molecule has 11 heteroatoms. The Kier molecular flexibility index (Phi) is 5.97. The summed E-state index contributed by atoms with van der Waals surface area (Å²) in [5, 5.41) is 27.3. The maximum atomic E-state index is 13.1. The fraction of sp³-hybridized carbons (Fsp3) is 0.0833. The van der Waals surface area contributed by atoms with Crippen LogP contribution in [0.25, 0.3) is 5.76 Å². The molecule has 3 N–H and O–H groups in total. The van der Waals surface area contributed by atoms with E-state index in [1.54, 1.807) is 24.3 Å². The molecule has 1 aliphatic heterocycles. The predicted molar refractivity (Wildman–Crippen MR) is 127 cm³/mol. The number of rotatable bonds is 5. The first-order valence-electron chi connectivity index (χ1n) is 10.2. The summed E-state index contributed by atoms with van der Waals surface area (Å²) in [6.45, 7) is 1.85. The number of primary sulfonamides is 1. The van der Waals surface area contributed by atoms with Crippen LogP contribution in [0.4, 0.5) is 11.4 Å². The number of ketones is 1. The zero-order valence-corrected chi connectivity index (χ0v) is 19.1. The third-order valence-electron chi connectivity index (χ3n) is 5.63. The fourth-order valence-electron chi connectivity index (χ4n) is 3.86. The lowest BCUT2D eigenvalue weighted by atomic mass is 9.94. The molecule has 178 valence electrons. The van der Waals surface area contributed by atoms with E-state index in [4.69, 9.17) is 5.14 Å². The summed E-state index contributed by atoms with van der Waals surface area (Å²) in [6, 6.07) is 15.8. The van der Waals surface area contributed by atoms with Crippen molar-refractivity contribution < 1.29 is 28.0 Å². The highest BCUT2D eigenvalue weighted by atomic mass is 32.2. The molecule has 1 amide bonds. The summed E-state index contributed by atoms with van der Waals surface area (Å²) in [5.74, 6) is -2.32. The maximum Gasteiger partial charge on any atom is 0.300 e. The topological polar surface area (TPSA) is 161 Å². The number of amides is 1. The van der Waals surface area contributed by atoms with E-state index in [1.807, 2.05) is 6.92 Å². The van der Waals surface area contributed by atoms with E-state index >= 15 is 0 Å². The lowest BCUT2D eigenvalue weighted by Gasteiger charge is -2.25. The standard InChI is InChI=1S/C24H19N3O7S/c1-14-2-4-16(5-3-14)22(28)20-21(15-6-8-18(9-7-15)27(31)32)26(24(30)23(20)29)17-10-12-19(13-11-17)35(25,33)34/h2-13,21,28H,1H3,(H2,25,33,34). The molecule has 10 nitrogen and oxygen atoms in total. The first kappa shape index (κ1) is 23.8. The third-order valence-corrected chi connectivity index (χ3v) is 6.56. The van der Waals surface area contributed by atoms with Gasteiger partial charge in [0.2, 0.25) is 10.0 Å². The van der Waals surface area contributed by atoms with Gasteiger partial charge in [0.05, 0.1) is 21.4 Å². The first-order valence-corrected chi connectivity index (χ1v) is 11.8. The number of nitro benzene ring substituents is 1. The summed E-state index contributed by atoms with van der Waals surface area (Å²) >= 11 is 0. The zero-order valence-electron chi connectivity index (χ0n) is 18.3. The SMILES string of the molecule is Cc1ccc(C(O)=C2C(=O)C(=O)N(c3ccc(S(N)(=O)=O)cc3)C2c2ccc([N+](=O)[O-])cc2)cc1. The number of aliphatic hydroxyl groups is 1. The van der Waals surface area contributed by atoms with Gasteiger partial charge in [-0.3, -0.25) is 24.6 Å². The molecule has 1 atom stereocenters. The van der Waals surface area contributed by atoms with Crippen LogP contribution in [0.2, 0.25) is 0 Å². The largest absolute Gasteiger partial charge is 0.507 e. The molecule has 0 saturated carbocycles. The number of non-ortho nitro benzene ring substituents is 1. The van der Waals surface area contributed by atoms with Crippen LogP contribution in [-0.4, -0.2) is 30.1 Å². The Morgan fingerprint density at radius 3 is 2.06 bits per heavy atom. The van der Waals surface area contributed by atoms with Crippen molar-refractivity contribution in [1.82, 2.24) is 0 Å². The molecule has 4 rings (SSSR count). The lowest BCUT2D eigenvalue weighted by Crippen LogP contribution is -2.29. The number of aliphatic hydroxyl groups excluding tert-OH is 1. The average Bonchev–Trinajstić information content (AvgIpc) is 3.09. The Hall–Kier alpha value is -4.35. The number of Topliss-reactive ketones (excluding diaryl/α,β-unsaturated/α-hetero) is 1. The summed E-state index contributed by atoms with van der Waals surface area (Å²) in [4.78, 5) is 37.7. The number of hydrogen-bond acceptors (Lipinski definition) is 7. The minimum Gasteiger partial charge on any atom is -0.507 e. The van der Waals surface area contributed by atoms with E-state index in [2.05, 4.69) is 0 Å². The number of nitrogens with zero attached hydrogens (tertiary/aromatic N) is 2.